The van der Waals surface area contributed by atoms with Crippen molar-refractivity contribution in [2.45, 2.75) is 25.4 Å². The second-order valence-corrected chi connectivity index (χ2v) is 5.18. The molecule has 2 aromatic heterocycles. The van der Waals surface area contributed by atoms with Crippen LogP contribution in [-0.2, 0) is 6.54 Å². The largest absolute Gasteiger partial charge is 0.478 e. The van der Waals surface area contributed by atoms with E-state index < -0.39 is 5.97 Å². The van der Waals surface area contributed by atoms with E-state index in [4.69, 9.17) is 21.1 Å². The first-order chi connectivity index (χ1) is 9.65. The molecule has 0 unspecified atom stereocenters. The van der Waals surface area contributed by atoms with Crippen molar-refractivity contribution in [1.82, 2.24) is 4.98 Å². The van der Waals surface area contributed by atoms with Gasteiger partial charge in [0.2, 0.25) is 0 Å². The molecule has 0 saturated heterocycles. The van der Waals surface area contributed by atoms with Crippen LogP contribution in [-0.4, -0.2) is 22.1 Å². The van der Waals surface area contributed by atoms with E-state index in [-0.39, 0.29) is 5.56 Å². The zero-order valence-electron chi connectivity index (χ0n) is 10.6. The maximum atomic E-state index is 10.9. The Kier molecular flexibility index (Phi) is 3.36. The molecule has 0 atom stereocenters. The molecule has 2 aromatic rings. The number of carbonyl (C=O) groups is 1. The monoisotopic (exact) mass is 292 g/mol. The standard InChI is InChI=1S/C14H13ClN2O3/c15-12-6-9(14(18)19)7-16-13(12)17(10-3-4-10)8-11-2-1-5-20-11/h1-2,5-7,10H,3-4,8H2,(H,18,19). The van der Waals surface area contributed by atoms with Crippen molar-refractivity contribution in [3.63, 3.8) is 0 Å². The molecule has 6 heteroatoms. The first kappa shape index (κ1) is 13.0. The van der Waals surface area contributed by atoms with Gasteiger partial charge in [-0.2, -0.15) is 0 Å². The lowest BCUT2D eigenvalue weighted by Crippen LogP contribution is -2.26. The molecule has 1 aliphatic carbocycles. The molecule has 2 heterocycles. The van der Waals surface area contributed by atoms with Crippen LogP contribution in [0.25, 0.3) is 0 Å². The second-order valence-electron chi connectivity index (χ2n) is 4.77. The highest BCUT2D eigenvalue weighted by Gasteiger charge is 2.32. The summed E-state index contributed by atoms with van der Waals surface area (Å²) in [5, 5.41) is 9.29. The van der Waals surface area contributed by atoms with Gasteiger partial charge in [-0.3, -0.25) is 0 Å². The fraction of sp³-hybridized carbons (Fsp3) is 0.286. The van der Waals surface area contributed by atoms with E-state index in [2.05, 4.69) is 9.88 Å². The molecule has 0 radical (unpaired) electrons. The predicted molar refractivity (Wildman–Crippen MR) is 74.1 cm³/mol. The number of rotatable bonds is 5. The summed E-state index contributed by atoms with van der Waals surface area (Å²) in [6.07, 6.45) is 5.13. The molecule has 20 heavy (non-hydrogen) atoms. The molecule has 0 aromatic carbocycles. The Morgan fingerprint density at radius 1 is 1.55 bits per heavy atom. The van der Waals surface area contributed by atoms with Gasteiger partial charge in [0.15, 0.2) is 0 Å². The van der Waals surface area contributed by atoms with Crippen LogP contribution >= 0.6 is 11.6 Å². The Morgan fingerprint density at radius 3 is 2.90 bits per heavy atom. The number of aromatic carboxylic acids is 1. The molecule has 1 N–H and O–H groups in total. The second kappa shape index (κ2) is 5.17. The Morgan fingerprint density at radius 2 is 2.35 bits per heavy atom. The predicted octanol–water partition coefficient (Wildman–Crippen LogP) is 3.20. The van der Waals surface area contributed by atoms with Crippen LogP contribution in [0, 0.1) is 0 Å². The summed E-state index contributed by atoms with van der Waals surface area (Å²) < 4.78 is 5.36. The number of hydrogen-bond acceptors (Lipinski definition) is 4. The smallest absolute Gasteiger partial charge is 0.337 e. The molecule has 1 fully saturated rings. The fourth-order valence-electron chi connectivity index (χ4n) is 2.09. The first-order valence-corrected chi connectivity index (χ1v) is 6.71. The van der Waals surface area contributed by atoms with Crippen molar-refractivity contribution < 1.29 is 14.3 Å². The molecule has 3 rings (SSSR count). The van der Waals surface area contributed by atoms with Gasteiger partial charge in [-0.1, -0.05) is 11.6 Å². The number of carboxylic acids is 1. The van der Waals surface area contributed by atoms with Gasteiger partial charge in [-0.05, 0) is 31.0 Å². The summed E-state index contributed by atoms with van der Waals surface area (Å²) in [6.45, 7) is 0.580. The third-order valence-corrected chi connectivity index (χ3v) is 3.51. The Hall–Kier alpha value is -2.01. The minimum absolute atomic E-state index is 0.0903. The molecule has 104 valence electrons. The SMILES string of the molecule is O=C(O)c1cnc(N(Cc2ccco2)C2CC2)c(Cl)c1. The molecule has 0 bridgehead atoms. The van der Waals surface area contributed by atoms with Crippen LogP contribution in [0.15, 0.2) is 35.1 Å². The van der Waals surface area contributed by atoms with E-state index in [1.807, 2.05) is 12.1 Å². The van der Waals surface area contributed by atoms with Crippen LogP contribution in [0.2, 0.25) is 5.02 Å². The van der Waals surface area contributed by atoms with E-state index >= 15 is 0 Å². The minimum Gasteiger partial charge on any atom is -0.478 e. The highest BCUT2D eigenvalue weighted by atomic mass is 35.5. The average Bonchev–Trinajstić information content (AvgIpc) is 3.14. The number of anilines is 1. The lowest BCUT2D eigenvalue weighted by atomic mass is 10.2. The fourth-order valence-corrected chi connectivity index (χ4v) is 2.37. The maximum absolute atomic E-state index is 10.9. The number of nitrogens with zero attached hydrogens (tertiary/aromatic N) is 2. The van der Waals surface area contributed by atoms with Crippen molar-refractivity contribution in [2.75, 3.05) is 4.90 Å². The van der Waals surface area contributed by atoms with Crippen molar-refractivity contribution >= 4 is 23.4 Å². The third kappa shape index (κ3) is 2.63. The normalized spacial score (nSPS) is 14.2. The zero-order valence-corrected chi connectivity index (χ0v) is 11.4. The summed E-state index contributed by atoms with van der Waals surface area (Å²) in [5.74, 6) is 0.405. The lowest BCUT2D eigenvalue weighted by molar-refractivity contribution is 0.0696. The molecule has 5 nitrogen and oxygen atoms in total. The summed E-state index contributed by atoms with van der Waals surface area (Å²) >= 11 is 6.18. The van der Waals surface area contributed by atoms with Crippen LogP contribution in [0.5, 0.6) is 0 Å². The number of halogens is 1. The summed E-state index contributed by atoms with van der Waals surface area (Å²) in [6, 6.07) is 5.56. The van der Waals surface area contributed by atoms with Gasteiger partial charge in [0.1, 0.15) is 11.6 Å². The van der Waals surface area contributed by atoms with E-state index in [1.54, 1.807) is 6.26 Å². The zero-order chi connectivity index (χ0) is 14.1. The maximum Gasteiger partial charge on any atom is 0.337 e. The van der Waals surface area contributed by atoms with Crippen molar-refractivity contribution in [2.24, 2.45) is 0 Å². The van der Waals surface area contributed by atoms with Crippen LogP contribution in [0.3, 0.4) is 0 Å². The quantitative estimate of drug-likeness (QED) is 0.916. The lowest BCUT2D eigenvalue weighted by Gasteiger charge is -2.23. The Balaban J connectivity index is 1.89. The van der Waals surface area contributed by atoms with Crippen molar-refractivity contribution in [3.05, 3.63) is 47.0 Å². The van der Waals surface area contributed by atoms with Gasteiger partial charge in [0.05, 0.1) is 23.4 Å². The first-order valence-electron chi connectivity index (χ1n) is 6.33. The van der Waals surface area contributed by atoms with Gasteiger partial charge in [-0.15, -0.1) is 0 Å². The molecule has 1 aliphatic rings. The molecular formula is C14H13ClN2O3. The van der Waals surface area contributed by atoms with E-state index in [9.17, 15) is 4.79 Å². The molecule has 0 amide bonds. The summed E-state index contributed by atoms with van der Waals surface area (Å²) in [7, 11) is 0. The van der Waals surface area contributed by atoms with E-state index in [0.717, 1.165) is 18.6 Å². The van der Waals surface area contributed by atoms with Crippen molar-refractivity contribution in [1.29, 1.82) is 0 Å². The van der Waals surface area contributed by atoms with Gasteiger partial charge in [0, 0.05) is 12.2 Å². The van der Waals surface area contributed by atoms with Crippen molar-refractivity contribution in [3.8, 4) is 0 Å². The van der Waals surface area contributed by atoms with Gasteiger partial charge >= 0.3 is 5.97 Å². The minimum atomic E-state index is -1.03. The average molecular weight is 293 g/mol. The molecule has 0 aliphatic heterocycles. The number of furan rings is 1. The number of aromatic nitrogens is 1. The Labute approximate surface area is 120 Å². The molecular weight excluding hydrogens is 280 g/mol. The Bertz CT molecular complexity index is 623. The molecule has 0 spiro atoms. The van der Waals surface area contributed by atoms with Gasteiger partial charge in [-0.25, -0.2) is 9.78 Å². The van der Waals surface area contributed by atoms with Gasteiger partial charge in [0.25, 0.3) is 0 Å². The topological polar surface area (TPSA) is 66.6 Å². The summed E-state index contributed by atoms with van der Waals surface area (Å²) in [4.78, 5) is 17.2. The highest BCUT2D eigenvalue weighted by molar-refractivity contribution is 6.33. The van der Waals surface area contributed by atoms with Crippen LogP contribution < -0.4 is 4.90 Å². The molecule has 1 saturated carbocycles. The number of hydrogen-bond donors (Lipinski definition) is 1. The number of carboxylic acid groups (broad SMARTS) is 1. The van der Waals surface area contributed by atoms with Crippen LogP contribution in [0.1, 0.15) is 29.0 Å². The highest BCUT2D eigenvalue weighted by Crippen LogP contribution is 2.35. The third-order valence-electron chi connectivity index (χ3n) is 3.23. The number of pyridine rings is 1. The van der Waals surface area contributed by atoms with E-state index in [1.165, 1.54) is 12.3 Å². The van der Waals surface area contributed by atoms with Crippen LogP contribution in [0.4, 0.5) is 5.82 Å². The van der Waals surface area contributed by atoms with Gasteiger partial charge < -0.3 is 14.4 Å². The van der Waals surface area contributed by atoms with E-state index in [0.29, 0.717) is 23.4 Å². The summed E-state index contributed by atoms with van der Waals surface area (Å²) in [5.41, 5.74) is 0.0903.